The van der Waals surface area contributed by atoms with Crippen molar-refractivity contribution in [3.05, 3.63) is 31.8 Å². The monoisotopic (exact) mass is 355 g/mol. The molecule has 1 atom stereocenters. The van der Waals surface area contributed by atoms with E-state index in [0.29, 0.717) is 0 Å². The minimum atomic E-state index is -0.559. The zero-order valence-corrected chi connectivity index (χ0v) is 10.4. The topological polar surface area (TPSA) is 23.8 Å². The highest BCUT2D eigenvalue weighted by molar-refractivity contribution is 14.1. The first-order valence-electron chi connectivity index (χ1n) is 3.13. The molecule has 1 aromatic rings. The summed E-state index contributed by atoms with van der Waals surface area (Å²) in [6.45, 7) is 0. The van der Waals surface area contributed by atoms with E-state index in [9.17, 15) is 0 Å². The molecule has 0 aliphatic rings. The van der Waals surface area contributed by atoms with Crippen molar-refractivity contribution in [2.75, 3.05) is 0 Å². The number of hydrogen-bond acceptors (Lipinski definition) is 1. The van der Waals surface area contributed by atoms with Gasteiger partial charge in [0, 0.05) is 8.04 Å². The first-order chi connectivity index (χ1) is 5.63. The maximum absolute atomic E-state index is 8.57. The zero-order valence-electron chi connectivity index (χ0n) is 5.89. The zero-order chi connectivity index (χ0) is 9.14. The van der Waals surface area contributed by atoms with Gasteiger partial charge in [-0.25, -0.2) is 0 Å². The average Bonchev–Trinajstić information content (AvgIpc) is 2.01. The van der Waals surface area contributed by atoms with Gasteiger partial charge in [0.2, 0.25) is 0 Å². The summed E-state index contributed by atoms with van der Waals surface area (Å²) in [5.41, 5.74) is 0.831. The fourth-order valence-corrected chi connectivity index (χ4v) is 2.56. The summed E-state index contributed by atoms with van der Waals surface area (Å²) in [5.74, 6) is 0. The quantitative estimate of drug-likeness (QED) is 0.554. The molecule has 0 heterocycles. The van der Waals surface area contributed by atoms with Crippen LogP contribution in [0.3, 0.4) is 0 Å². The minimum Gasteiger partial charge on any atom is -0.196 e. The molecule has 0 saturated heterocycles. The van der Waals surface area contributed by atoms with E-state index in [0.717, 1.165) is 13.6 Å². The molecule has 0 bridgehead atoms. The SMILES string of the molecule is N#CC(Cl)c1cc(Br)cc(I)c1. The second-order valence-corrected chi connectivity index (χ2v) is 4.79. The van der Waals surface area contributed by atoms with Crippen LogP contribution in [-0.2, 0) is 0 Å². The molecule has 0 radical (unpaired) electrons. The molecule has 1 rings (SSSR count). The predicted octanol–water partition coefficient (Wildman–Crippen LogP) is 3.86. The van der Waals surface area contributed by atoms with Crippen LogP contribution in [0.15, 0.2) is 22.7 Å². The third-order valence-electron chi connectivity index (χ3n) is 1.29. The van der Waals surface area contributed by atoms with E-state index in [1.54, 1.807) is 0 Å². The first kappa shape index (κ1) is 10.3. The Kier molecular flexibility index (Phi) is 3.81. The van der Waals surface area contributed by atoms with E-state index >= 15 is 0 Å². The summed E-state index contributed by atoms with van der Waals surface area (Å²) < 4.78 is 2.02. The summed E-state index contributed by atoms with van der Waals surface area (Å²) >= 11 is 11.3. The third-order valence-corrected chi connectivity index (χ3v) is 2.72. The van der Waals surface area contributed by atoms with E-state index in [1.807, 2.05) is 24.3 Å². The van der Waals surface area contributed by atoms with Crippen molar-refractivity contribution in [1.82, 2.24) is 0 Å². The van der Waals surface area contributed by atoms with E-state index in [1.165, 1.54) is 0 Å². The summed E-state index contributed by atoms with van der Waals surface area (Å²) in [6, 6.07) is 7.69. The molecular weight excluding hydrogens is 352 g/mol. The number of rotatable bonds is 1. The van der Waals surface area contributed by atoms with Gasteiger partial charge in [-0.3, -0.25) is 0 Å². The summed E-state index contributed by atoms with van der Waals surface area (Å²) in [6.07, 6.45) is 0. The van der Waals surface area contributed by atoms with Crippen LogP contribution < -0.4 is 0 Å². The van der Waals surface area contributed by atoms with Crippen LogP contribution in [0.25, 0.3) is 0 Å². The van der Waals surface area contributed by atoms with Crippen molar-refractivity contribution in [1.29, 1.82) is 5.26 Å². The number of benzene rings is 1. The van der Waals surface area contributed by atoms with Crippen LogP contribution in [0, 0.1) is 14.9 Å². The molecule has 0 N–H and O–H groups in total. The lowest BCUT2D eigenvalue weighted by Gasteiger charge is -2.02. The molecule has 0 amide bonds. The Morgan fingerprint density at radius 1 is 1.50 bits per heavy atom. The molecular formula is C8H4BrClIN. The van der Waals surface area contributed by atoms with Crippen LogP contribution >= 0.6 is 50.1 Å². The van der Waals surface area contributed by atoms with Crippen molar-refractivity contribution in [3.63, 3.8) is 0 Å². The van der Waals surface area contributed by atoms with Gasteiger partial charge in [-0.2, -0.15) is 5.26 Å². The number of nitriles is 1. The van der Waals surface area contributed by atoms with Gasteiger partial charge in [0.1, 0.15) is 5.38 Å². The van der Waals surface area contributed by atoms with Gasteiger partial charge < -0.3 is 0 Å². The van der Waals surface area contributed by atoms with Crippen LogP contribution in [0.5, 0.6) is 0 Å². The molecule has 12 heavy (non-hydrogen) atoms. The highest BCUT2D eigenvalue weighted by atomic mass is 127. The number of nitrogens with zero attached hydrogens (tertiary/aromatic N) is 1. The molecule has 4 heteroatoms. The van der Waals surface area contributed by atoms with Crippen LogP contribution in [0.1, 0.15) is 10.9 Å². The van der Waals surface area contributed by atoms with Gasteiger partial charge in [-0.15, -0.1) is 11.6 Å². The van der Waals surface area contributed by atoms with E-state index in [2.05, 4.69) is 38.5 Å². The van der Waals surface area contributed by atoms with Crippen molar-refractivity contribution in [2.24, 2.45) is 0 Å². The first-order valence-corrected chi connectivity index (χ1v) is 5.44. The Morgan fingerprint density at radius 2 is 2.17 bits per heavy atom. The maximum Gasteiger partial charge on any atom is 0.145 e. The molecule has 0 fully saturated rings. The normalized spacial score (nSPS) is 12.2. The summed E-state index contributed by atoms with van der Waals surface area (Å²) in [4.78, 5) is 0. The maximum atomic E-state index is 8.57. The fraction of sp³-hybridized carbons (Fsp3) is 0.125. The van der Waals surface area contributed by atoms with Gasteiger partial charge in [-0.1, -0.05) is 15.9 Å². The lowest BCUT2D eigenvalue weighted by molar-refractivity contribution is 1.20. The number of hydrogen-bond donors (Lipinski definition) is 0. The summed E-state index contributed by atoms with van der Waals surface area (Å²) in [5, 5.41) is 8.01. The molecule has 1 unspecified atom stereocenters. The average molecular weight is 356 g/mol. The summed E-state index contributed by atoms with van der Waals surface area (Å²) in [7, 11) is 0. The van der Waals surface area contributed by atoms with E-state index < -0.39 is 5.38 Å². The smallest absolute Gasteiger partial charge is 0.145 e. The van der Waals surface area contributed by atoms with E-state index in [-0.39, 0.29) is 0 Å². The van der Waals surface area contributed by atoms with E-state index in [4.69, 9.17) is 16.9 Å². The molecule has 0 saturated carbocycles. The second-order valence-electron chi connectivity index (χ2n) is 2.19. The van der Waals surface area contributed by atoms with Crippen LogP contribution in [0.4, 0.5) is 0 Å². The van der Waals surface area contributed by atoms with Crippen molar-refractivity contribution in [3.8, 4) is 6.07 Å². The highest BCUT2D eigenvalue weighted by Crippen LogP contribution is 2.25. The Labute approximate surface area is 98.0 Å². The van der Waals surface area contributed by atoms with Crippen LogP contribution in [-0.4, -0.2) is 0 Å². The molecule has 62 valence electrons. The predicted molar refractivity (Wildman–Crippen MR) is 61.1 cm³/mol. The van der Waals surface area contributed by atoms with Gasteiger partial charge in [0.05, 0.1) is 6.07 Å². The van der Waals surface area contributed by atoms with Crippen molar-refractivity contribution >= 4 is 50.1 Å². The fourth-order valence-electron chi connectivity index (χ4n) is 0.796. The Morgan fingerprint density at radius 3 is 2.67 bits per heavy atom. The van der Waals surface area contributed by atoms with Gasteiger partial charge in [-0.05, 0) is 46.4 Å². The standard InChI is InChI=1S/C8H4BrClIN/c9-6-1-5(8(10)4-12)2-7(11)3-6/h1-3,8H. The lowest BCUT2D eigenvalue weighted by Crippen LogP contribution is -1.87. The van der Waals surface area contributed by atoms with Gasteiger partial charge in [0.15, 0.2) is 0 Å². The number of alkyl halides is 1. The van der Waals surface area contributed by atoms with Crippen molar-refractivity contribution in [2.45, 2.75) is 5.38 Å². The highest BCUT2D eigenvalue weighted by Gasteiger charge is 2.06. The Bertz CT molecular complexity index is 314. The number of halogens is 3. The molecule has 0 aromatic heterocycles. The largest absolute Gasteiger partial charge is 0.196 e. The lowest BCUT2D eigenvalue weighted by atomic mass is 10.2. The molecule has 1 nitrogen and oxygen atoms in total. The Hall–Kier alpha value is 0.210. The molecule has 0 aliphatic carbocycles. The molecule has 0 aliphatic heterocycles. The second kappa shape index (κ2) is 4.45. The molecule has 1 aromatic carbocycles. The minimum absolute atomic E-state index is 0.559. The molecule has 0 spiro atoms. The van der Waals surface area contributed by atoms with Crippen molar-refractivity contribution < 1.29 is 0 Å². The third kappa shape index (κ3) is 2.61. The van der Waals surface area contributed by atoms with Gasteiger partial charge >= 0.3 is 0 Å². The Balaban J connectivity index is 3.10. The van der Waals surface area contributed by atoms with Crippen LogP contribution in [0.2, 0.25) is 0 Å². The van der Waals surface area contributed by atoms with Gasteiger partial charge in [0.25, 0.3) is 0 Å².